The number of carbonyl (C=O) groups excluding carboxylic acids is 1. The molecule has 1 fully saturated rings. The van der Waals surface area contributed by atoms with Crippen LogP contribution < -0.4 is 5.73 Å². The number of ether oxygens (including phenoxy) is 1. The molecule has 1 aliphatic carbocycles. The lowest BCUT2D eigenvalue weighted by Crippen LogP contribution is -2.42. The third kappa shape index (κ3) is 3.80. The van der Waals surface area contributed by atoms with Gasteiger partial charge in [-0.2, -0.15) is 0 Å². The van der Waals surface area contributed by atoms with Crippen molar-refractivity contribution in [3.8, 4) is 0 Å². The lowest BCUT2D eigenvalue weighted by molar-refractivity contribution is -0.151. The smallest absolute Gasteiger partial charge is 0.336 e. The zero-order valence-electron chi connectivity index (χ0n) is 9.32. The molecule has 2 atom stereocenters. The van der Waals surface area contributed by atoms with E-state index in [2.05, 4.69) is 4.74 Å². The van der Waals surface area contributed by atoms with Crippen LogP contribution in [0.25, 0.3) is 0 Å². The predicted octanol–water partition coefficient (Wildman–Crippen LogP) is 0.818. The van der Waals surface area contributed by atoms with E-state index >= 15 is 0 Å². The largest absolute Gasteiger partial charge is 0.467 e. The Labute approximate surface area is 90.8 Å². The molecule has 4 nitrogen and oxygen atoms in total. The van der Waals surface area contributed by atoms with Gasteiger partial charge in [-0.15, -0.1) is 0 Å². The molecule has 0 aromatic rings. The van der Waals surface area contributed by atoms with Gasteiger partial charge in [0.15, 0.2) is 6.10 Å². The first-order valence-electron chi connectivity index (χ1n) is 5.66. The normalized spacial score (nSPS) is 22.1. The van der Waals surface area contributed by atoms with Crippen LogP contribution in [0.15, 0.2) is 0 Å². The first-order chi connectivity index (χ1) is 7.15. The fraction of sp³-hybridized carbons (Fsp3) is 0.909. The van der Waals surface area contributed by atoms with Gasteiger partial charge in [0.2, 0.25) is 0 Å². The third-order valence-corrected chi connectivity index (χ3v) is 3.18. The average molecular weight is 215 g/mol. The molecule has 0 amide bonds. The highest BCUT2D eigenvalue weighted by molar-refractivity contribution is 5.75. The van der Waals surface area contributed by atoms with Gasteiger partial charge in [0.25, 0.3) is 0 Å². The molecule has 4 heteroatoms. The van der Waals surface area contributed by atoms with Gasteiger partial charge in [0.05, 0.1) is 7.11 Å². The molecule has 0 spiro atoms. The summed E-state index contributed by atoms with van der Waals surface area (Å²) in [4.78, 5) is 11.0. The van der Waals surface area contributed by atoms with Gasteiger partial charge in [-0.3, -0.25) is 0 Å². The molecule has 1 rings (SSSR count). The van der Waals surface area contributed by atoms with Gasteiger partial charge in [0, 0.05) is 6.04 Å². The Morgan fingerprint density at radius 1 is 1.47 bits per heavy atom. The van der Waals surface area contributed by atoms with Crippen LogP contribution in [-0.2, 0) is 9.53 Å². The number of nitrogens with two attached hydrogens (primary N) is 1. The van der Waals surface area contributed by atoms with Crippen LogP contribution >= 0.6 is 0 Å². The lowest BCUT2D eigenvalue weighted by atomic mass is 9.84. The van der Waals surface area contributed by atoms with Gasteiger partial charge in [-0.25, -0.2) is 4.79 Å². The minimum Gasteiger partial charge on any atom is -0.467 e. The van der Waals surface area contributed by atoms with E-state index in [1.54, 1.807) is 0 Å². The van der Waals surface area contributed by atoms with Crippen LogP contribution in [-0.4, -0.2) is 30.3 Å². The Hall–Kier alpha value is -0.610. The maximum absolute atomic E-state index is 11.0. The number of aliphatic hydroxyl groups excluding tert-OH is 1. The SMILES string of the molecule is COC(=O)C(O)[C@@H](N)CC1CCCCC1. The number of aliphatic hydroxyl groups is 1. The Bertz CT molecular complexity index is 202. The molecule has 0 saturated heterocycles. The van der Waals surface area contributed by atoms with Crippen molar-refractivity contribution in [2.75, 3.05) is 7.11 Å². The van der Waals surface area contributed by atoms with E-state index < -0.39 is 18.1 Å². The van der Waals surface area contributed by atoms with Crippen molar-refractivity contribution >= 4 is 5.97 Å². The van der Waals surface area contributed by atoms with Crippen molar-refractivity contribution in [1.29, 1.82) is 0 Å². The molecule has 0 aromatic heterocycles. The van der Waals surface area contributed by atoms with Crippen molar-refractivity contribution in [1.82, 2.24) is 0 Å². The first kappa shape index (κ1) is 12.5. The van der Waals surface area contributed by atoms with Gasteiger partial charge >= 0.3 is 5.97 Å². The highest BCUT2D eigenvalue weighted by atomic mass is 16.5. The highest BCUT2D eigenvalue weighted by Crippen LogP contribution is 2.27. The van der Waals surface area contributed by atoms with E-state index in [4.69, 9.17) is 5.73 Å². The van der Waals surface area contributed by atoms with Gasteiger partial charge < -0.3 is 15.6 Å². The topological polar surface area (TPSA) is 72.5 Å². The quantitative estimate of drug-likeness (QED) is 0.681. The van der Waals surface area contributed by atoms with Crippen molar-refractivity contribution < 1.29 is 14.6 Å². The fourth-order valence-corrected chi connectivity index (χ4v) is 2.23. The molecule has 3 N–H and O–H groups in total. The maximum atomic E-state index is 11.0. The summed E-state index contributed by atoms with van der Waals surface area (Å²) in [7, 11) is 1.26. The minimum atomic E-state index is -1.17. The molecule has 1 aliphatic rings. The second-order valence-electron chi connectivity index (χ2n) is 4.37. The molecule has 0 aliphatic heterocycles. The van der Waals surface area contributed by atoms with Crippen LogP contribution in [0.4, 0.5) is 0 Å². The summed E-state index contributed by atoms with van der Waals surface area (Å²) in [6.45, 7) is 0. The molecule has 15 heavy (non-hydrogen) atoms. The summed E-state index contributed by atoms with van der Waals surface area (Å²) in [5.41, 5.74) is 5.77. The van der Waals surface area contributed by atoms with Crippen LogP contribution in [0.5, 0.6) is 0 Å². The number of carbonyl (C=O) groups is 1. The highest BCUT2D eigenvalue weighted by Gasteiger charge is 2.26. The molecule has 0 aromatic carbocycles. The summed E-state index contributed by atoms with van der Waals surface area (Å²) < 4.78 is 4.45. The first-order valence-corrected chi connectivity index (χ1v) is 5.66. The summed E-state index contributed by atoms with van der Waals surface area (Å²) in [5, 5.41) is 9.52. The standard InChI is InChI=1S/C11H21NO3/c1-15-11(14)10(13)9(12)7-8-5-3-2-4-6-8/h8-10,13H,2-7,12H2,1H3/t9-,10?/m0/s1. The molecule has 0 bridgehead atoms. The number of rotatable bonds is 4. The van der Waals surface area contributed by atoms with E-state index in [0.717, 1.165) is 6.42 Å². The fourth-order valence-electron chi connectivity index (χ4n) is 2.23. The van der Waals surface area contributed by atoms with Crippen LogP contribution in [0.2, 0.25) is 0 Å². The number of hydrogen-bond donors (Lipinski definition) is 2. The molecular weight excluding hydrogens is 194 g/mol. The summed E-state index contributed by atoms with van der Waals surface area (Å²) >= 11 is 0. The molecule has 88 valence electrons. The van der Waals surface area contributed by atoms with E-state index in [9.17, 15) is 9.90 Å². The van der Waals surface area contributed by atoms with E-state index in [1.807, 2.05) is 0 Å². The number of esters is 1. The van der Waals surface area contributed by atoms with Crippen LogP contribution in [0.3, 0.4) is 0 Å². The van der Waals surface area contributed by atoms with Gasteiger partial charge in [-0.05, 0) is 12.3 Å². The van der Waals surface area contributed by atoms with E-state index in [0.29, 0.717) is 5.92 Å². The van der Waals surface area contributed by atoms with Crippen molar-refractivity contribution in [2.45, 2.75) is 50.7 Å². The van der Waals surface area contributed by atoms with Gasteiger partial charge in [-0.1, -0.05) is 32.1 Å². The Morgan fingerprint density at radius 3 is 2.60 bits per heavy atom. The molecule has 1 unspecified atom stereocenters. The third-order valence-electron chi connectivity index (χ3n) is 3.18. The minimum absolute atomic E-state index is 0.486. The Morgan fingerprint density at radius 2 is 2.07 bits per heavy atom. The summed E-state index contributed by atoms with van der Waals surface area (Å²) in [6.07, 6.45) is 5.67. The van der Waals surface area contributed by atoms with E-state index in [1.165, 1.54) is 39.2 Å². The zero-order valence-corrected chi connectivity index (χ0v) is 9.32. The van der Waals surface area contributed by atoms with Gasteiger partial charge in [0.1, 0.15) is 0 Å². The summed E-state index contributed by atoms with van der Waals surface area (Å²) in [6, 6.07) is -0.486. The number of methoxy groups -OCH3 is 1. The van der Waals surface area contributed by atoms with Crippen molar-refractivity contribution in [2.24, 2.45) is 11.7 Å². The van der Waals surface area contributed by atoms with Crippen LogP contribution in [0.1, 0.15) is 38.5 Å². The van der Waals surface area contributed by atoms with Crippen molar-refractivity contribution in [3.05, 3.63) is 0 Å². The molecule has 1 saturated carbocycles. The Kier molecular flexibility index (Phi) is 5.05. The lowest BCUT2D eigenvalue weighted by Gasteiger charge is -2.26. The van der Waals surface area contributed by atoms with E-state index in [-0.39, 0.29) is 0 Å². The monoisotopic (exact) mass is 215 g/mol. The average Bonchev–Trinajstić information content (AvgIpc) is 2.28. The zero-order chi connectivity index (χ0) is 11.3. The molecule has 0 radical (unpaired) electrons. The molecular formula is C11H21NO3. The Balaban J connectivity index is 2.32. The maximum Gasteiger partial charge on any atom is 0.336 e. The van der Waals surface area contributed by atoms with Crippen LogP contribution in [0, 0.1) is 5.92 Å². The second-order valence-corrected chi connectivity index (χ2v) is 4.37. The van der Waals surface area contributed by atoms with Crippen molar-refractivity contribution in [3.63, 3.8) is 0 Å². The second kappa shape index (κ2) is 6.08. The molecule has 0 heterocycles. The summed E-state index contributed by atoms with van der Waals surface area (Å²) in [5.74, 6) is -0.0636. The predicted molar refractivity (Wildman–Crippen MR) is 57.2 cm³/mol. The number of hydrogen-bond acceptors (Lipinski definition) is 4.